The van der Waals surface area contributed by atoms with E-state index in [0.717, 1.165) is 25.9 Å². The Morgan fingerprint density at radius 3 is 2.74 bits per heavy atom. The van der Waals surface area contributed by atoms with Crippen LogP contribution in [0.4, 0.5) is 0 Å². The maximum absolute atomic E-state index is 12.9. The van der Waals surface area contributed by atoms with Gasteiger partial charge >= 0.3 is 0 Å². The molecule has 0 spiro atoms. The number of carbonyl (C=O) groups excluding carboxylic acids is 2. The summed E-state index contributed by atoms with van der Waals surface area (Å²) in [5.41, 5.74) is 10.9. The van der Waals surface area contributed by atoms with E-state index in [2.05, 4.69) is 25.6 Å². The minimum absolute atomic E-state index is 0.0274. The van der Waals surface area contributed by atoms with E-state index in [-0.39, 0.29) is 23.8 Å². The van der Waals surface area contributed by atoms with E-state index in [1.807, 2.05) is 0 Å². The van der Waals surface area contributed by atoms with Crippen LogP contribution in [0.2, 0.25) is 0 Å². The Hall–Kier alpha value is -3.12. The van der Waals surface area contributed by atoms with Crippen LogP contribution in [0.5, 0.6) is 0 Å². The average Bonchev–Trinajstić information content (AvgIpc) is 3.38. The van der Waals surface area contributed by atoms with E-state index >= 15 is 0 Å². The maximum Gasteiger partial charge on any atom is 0.272 e. The lowest BCUT2D eigenvalue weighted by Gasteiger charge is -2.22. The number of hydrogen-bond acceptors (Lipinski definition) is 8. The smallest absolute Gasteiger partial charge is 0.272 e. The number of nitrogens with one attached hydrogen (secondary N) is 2. The van der Waals surface area contributed by atoms with Gasteiger partial charge in [-0.25, -0.2) is 4.98 Å². The van der Waals surface area contributed by atoms with E-state index in [1.165, 1.54) is 34.9 Å². The fraction of sp³-hybridized carbons (Fsp3) is 0.565. The summed E-state index contributed by atoms with van der Waals surface area (Å²) in [5.74, 6) is -0.0536. The van der Waals surface area contributed by atoms with Crippen molar-refractivity contribution in [2.24, 2.45) is 22.4 Å². The SMILES string of the molecule is NC(N)=NCCC[C@H](NC(=O)Cn1ccnc(CCCC2CCNCC2)c1=O)C(=O)c1nccs1. The first-order valence-electron chi connectivity index (χ1n) is 12.0. The van der Waals surface area contributed by atoms with Crippen LogP contribution >= 0.6 is 11.3 Å². The van der Waals surface area contributed by atoms with Gasteiger partial charge in [-0.2, -0.15) is 0 Å². The Morgan fingerprint density at radius 2 is 2.03 bits per heavy atom. The zero-order chi connectivity index (χ0) is 25.0. The third-order valence-corrected chi connectivity index (χ3v) is 6.81. The number of amides is 1. The molecule has 1 fully saturated rings. The number of guanidine groups is 1. The number of aromatic nitrogens is 3. The number of piperidine rings is 1. The molecular formula is C23H34N8O3S. The van der Waals surface area contributed by atoms with Crippen LogP contribution in [-0.2, 0) is 17.8 Å². The lowest BCUT2D eigenvalue weighted by atomic mass is 9.92. The Morgan fingerprint density at radius 1 is 1.23 bits per heavy atom. The highest BCUT2D eigenvalue weighted by Crippen LogP contribution is 2.18. The summed E-state index contributed by atoms with van der Waals surface area (Å²) in [5, 5.41) is 8.13. The molecule has 1 amide bonds. The predicted octanol–water partition coefficient (Wildman–Crippen LogP) is 0.443. The summed E-state index contributed by atoms with van der Waals surface area (Å²) in [7, 11) is 0. The van der Waals surface area contributed by atoms with Gasteiger partial charge in [0.2, 0.25) is 11.7 Å². The zero-order valence-electron chi connectivity index (χ0n) is 19.8. The van der Waals surface area contributed by atoms with Crippen molar-refractivity contribution >= 4 is 29.0 Å². The van der Waals surface area contributed by atoms with Gasteiger partial charge in [0, 0.05) is 30.5 Å². The monoisotopic (exact) mass is 502 g/mol. The zero-order valence-corrected chi connectivity index (χ0v) is 20.6. The minimum Gasteiger partial charge on any atom is -0.370 e. The number of nitrogens with zero attached hydrogens (tertiary/aromatic N) is 4. The molecule has 0 aromatic carbocycles. The fourth-order valence-corrected chi connectivity index (χ4v) is 4.81. The molecule has 0 aliphatic carbocycles. The summed E-state index contributed by atoms with van der Waals surface area (Å²) < 4.78 is 1.34. The highest BCUT2D eigenvalue weighted by molar-refractivity contribution is 7.11. The van der Waals surface area contributed by atoms with Gasteiger partial charge in [-0.3, -0.25) is 24.4 Å². The molecule has 35 heavy (non-hydrogen) atoms. The maximum atomic E-state index is 12.9. The van der Waals surface area contributed by atoms with E-state index in [1.54, 1.807) is 17.8 Å². The quantitative estimate of drug-likeness (QED) is 0.132. The van der Waals surface area contributed by atoms with Crippen LogP contribution in [0, 0.1) is 5.92 Å². The number of thiazole rings is 1. The molecule has 1 saturated heterocycles. The second kappa shape index (κ2) is 13.7. The number of hydrogen-bond donors (Lipinski definition) is 4. The van der Waals surface area contributed by atoms with Gasteiger partial charge in [0.25, 0.3) is 5.56 Å². The molecule has 1 aliphatic rings. The molecule has 1 atom stereocenters. The van der Waals surface area contributed by atoms with Crippen LogP contribution in [0.1, 0.15) is 54.0 Å². The third kappa shape index (κ3) is 8.55. The van der Waals surface area contributed by atoms with Crippen LogP contribution in [0.15, 0.2) is 33.8 Å². The van der Waals surface area contributed by atoms with Crippen molar-refractivity contribution in [2.45, 2.75) is 57.5 Å². The highest BCUT2D eigenvalue weighted by atomic mass is 32.1. The lowest BCUT2D eigenvalue weighted by Crippen LogP contribution is -2.43. The molecule has 0 radical (unpaired) electrons. The molecule has 0 saturated carbocycles. The molecule has 11 nitrogen and oxygen atoms in total. The first-order valence-corrected chi connectivity index (χ1v) is 12.9. The minimum atomic E-state index is -0.787. The fourth-order valence-electron chi connectivity index (χ4n) is 4.18. The Bertz CT molecular complexity index is 1040. The summed E-state index contributed by atoms with van der Waals surface area (Å²) in [4.78, 5) is 50.7. The van der Waals surface area contributed by atoms with Crippen molar-refractivity contribution in [2.75, 3.05) is 19.6 Å². The van der Waals surface area contributed by atoms with E-state index in [0.29, 0.717) is 42.4 Å². The van der Waals surface area contributed by atoms with Gasteiger partial charge in [0.1, 0.15) is 12.2 Å². The van der Waals surface area contributed by atoms with Crippen molar-refractivity contribution < 1.29 is 9.59 Å². The predicted molar refractivity (Wildman–Crippen MR) is 135 cm³/mol. The Balaban J connectivity index is 1.58. The summed E-state index contributed by atoms with van der Waals surface area (Å²) >= 11 is 1.21. The summed E-state index contributed by atoms with van der Waals surface area (Å²) in [6, 6.07) is -0.787. The molecule has 2 aromatic heterocycles. The van der Waals surface area contributed by atoms with Crippen molar-refractivity contribution in [3.63, 3.8) is 0 Å². The normalized spacial score (nSPS) is 14.9. The van der Waals surface area contributed by atoms with Crippen LogP contribution < -0.4 is 27.7 Å². The average molecular weight is 503 g/mol. The number of ketones is 1. The first-order chi connectivity index (χ1) is 16.9. The van der Waals surface area contributed by atoms with Crippen LogP contribution in [0.25, 0.3) is 0 Å². The van der Waals surface area contributed by atoms with Gasteiger partial charge in [-0.05, 0) is 64.0 Å². The number of nitrogens with two attached hydrogens (primary N) is 2. The number of Topliss-reactive ketones (excluding diaryl/α,β-unsaturated/α-hetero) is 1. The van der Waals surface area contributed by atoms with Gasteiger partial charge in [-0.15, -0.1) is 11.3 Å². The van der Waals surface area contributed by atoms with Gasteiger partial charge in [0.05, 0.1) is 6.04 Å². The van der Waals surface area contributed by atoms with Crippen molar-refractivity contribution in [1.29, 1.82) is 0 Å². The Labute approximate surface area is 208 Å². The molecular weight excluding hydrogens is 468 g/mol. The molecule has 12 heteroatoms. The van der Waals surface area contributed by atoms with Crippen LogP contribution in [-0.4, -0.2) is 57.9 Å². The van der Waals surface area contributed by atoms with E-state index in [9.17, 15) is 14.4 Å². The van der Waals surface area contributed by atoms with Gasteiger partial charge in [-0.1, -0.05) is 0 Å². The van der Waals surface area contributed by atoms with Crippen molar-refractivity contribution in [3.05, 3.63) is 45.0 Å². The molecule has 1 aliphatic heterocycles. The third-order valence-electron chi connectivity index (χ3n) is 6.02. The van der Waals surface area contributed by atoms with Crippen molar-refractivity contribution in [1.82, 2.24) is 25.2 Å². The number of carbonyl (C=O) groups is 2. The molecule has 3 rings (SSSR count). The summed E-state index contributed by atoms with van der Waals surface area (Å²) in [6.45, 7) is 2.25. The van der Waals surface area contributed by atoms with Crippen LogP contribution in [0.3, 0.4) is 0 Å². The topological polar surface area (TPSA) is 170 Å². The summed E-state index contributed by atoms with van der Waals surface area (Å²) in [6.07, 6.45) is 10.3. The molecule has 3 heterocycles. The number of aliphatic imine (C=N–C) groups is 1. The molecule has 6 N–H and O–H groups in total. The van der Waals surface area contributed by atoms with Gasteiger partial charge < -0.3 is 26.7 Å². The second-order valence-electron chi connectivity index (χ2n) is 8.66. The molecule has 0 unspecified atom stereocenters. The van der Waals surface area contributed by atoms with Crippen molar-refractivity contribution in [3.8, 4) is 0 Å². The number of rotatable bonds is 13. The standard InChI is InChI=1S/C23H34N8O3S/c24-23(25)29-8-2-5-17(20(33)21-28-12-14-35-21)30-19(32)15-31-13-11-27-18(22(31)34)4-1-3-16-6-9-26-10-7-16/h11-14,16-17,26H,1-10,15H2,(H,30,32)(H4,24,25,29)/t17-/m0/s1. The lowest BCUT2D eigenvalue weighted by molar-refractivity contribution is -0.122. The molecule has 190 valence electrons. The Kier molecular flexibility index (Phi) is 10.4. The largest absolute Gasteiger partial charge is 0.370 e. The van der Waals surface area contributed by atoms with E-state index < -0.39 is 11.9 Å². The van der Waals surface area contributed by atoms with E-state index in [4.69, 9.17) is 11.5 Å². The second-order valence-corrected chi connectivity index (χ2v) is 9.56. The van der Waals surface area contributed by atoms with Gasteiger partial charge in [0.15, 0.2) is 11.0 Å². The highest BCUT2D eigenvalue weighted by Gasteiger charge is 2.24. The molecule has 0 bridgehead atoms. The molecule has 2 aromatic rings. The first kappa shape index (κ1) is 26.5. The number of aryl methyl sites for hydroxylation is 1.